The zero-order valence-corrected chi connectivity index (χ0v) is 11.2. The van der Waals surface area contributed by atoms with Crippen LogP contribution >= 0.6 is 11.6 Å². The van der Waals surface area contributed by atoms with Crippen LogP contribution in [0.3, 0.4) is 0 Å². The highest BCUT2D eigenvalue weighted by Crippen LogP contribution is 2.27. The van der Waals surface area contributed by atoms with E-state index in [1.165, 1.54) is 6.07 Å². The Hall–Kier alpha value is -1.22. The Balaban J connectivity index is 2.07. The zero-order chi connectivity index (χ0) is 13.1. The lowest BCUT2D eigenvalue weighted by Crippen LogP contribution is -2.38. The number of aromatic hydroxyl groups is 1. The fourth-order valence-electron chi connectivity index (χ4n) is 2.56. The number of benzene rings is 1. The van der Waals surface area contributed by atoms with Crippen LogP contribution in [0.25, 0.3) is 0 Å². The minimum absolute atomic E-state index is 0.0745. The van der Waals surface area contributed by atoms with Crippen LogP contribution in [-0.4, -0.2) is 22.9 Å². The molecule has 1 aromatic carbocycles. The summed E-state index contributed by atoms with van der Waals surface area (Å²) in [6, 6.07) is 4.98. The predicted molar refractivity (Wildman–Crippen MR) is 72.2 cm³/mol. The lowest BCUT2D eigenvalue weighted by atomic mass is 10.0. The number of rotatable bonds is 3. The van der Waals surface area contributed by atoms with Crippen LogP contribution in [0, 0.1) is 12.8 Å². The number of hydrogen-bond acceptors (Lipinski definition) is 2. The Morgan fingerprint density at radius 1 is 1.50 bits per heavy atom. The molecule has 1 aromatic rings. The van der Waals surface area contributed by atoms with Crippen LogP contribution in [-0.2, 0) is 0 Å². The summed E-state index contributed by atoms with van der Waals surface area (Å²) in [4.78, 5) is 12.2. The third kappa shape index (κ3) is 2.78. The average Bonchev–Trinajstić information content (AvgIpc) is 2.76. The van der Waals surface area contributed by atoms with Gasteiger partial charge in [-0.25, -0.2) is 0 Å². The van der Waals surface area contributed by atoms with E-state index in [-0.39, 0.29) is 17.7 Å². The standard InChI is InChI=1S/C14H18ClNO2/c1-9-7-11(17)5-6-12(9)14(18)16-13-4-2-3-10(13)8-15/h5-7,10,13,17H,2-4,8H2,1H3,(H,16,18). The SMILES string of the molecule is Cc1cc(O)ccc1C(=O)NC1CCCC1CCl. The number of alkyl halides is 1. The van der Waals surface area contributed by atoms with Gasteiger partial charge in [-0.05, 0) is 49.4 Å². The van der Waals surface area contributed by atoms with Crippen molar-refractivity contribution in [3.63, 3.8) is 0 Å². The molecule has 3 nitrogen and oxygen atoms in total. The van der Waals surface area contributed by atoms with Crippen LogP contribution in [0.4, 0.5) is 0 Å². The maximum absolute atomic E-state index is 12.2. The molecule has 0 saturated heterocycles. The number of aryl methyl sites for hydroxylation is 1. The van der Waals surface area contributed by atoms with Gasteiger partial charge in [0.2, 0.25) is 0 Å². The quantitative estimate of drug-likeness (QED) is 0.828. The first-order valence-electron chi connectivity index (χ1n) is 6.28. The van der Waals surface area contributed by atoms with Crippen molar-refractivity contribution >= 4 is 17.5 Å². The van der Waals surface area contributed by atoms with Crippen LogP contribution in [0.5, 0.6) is 5.75 Å². The van der Waals surface area contributed by atoms with Crippen molar-refractivity contribution in [3.05, 3.63) is 29.3 Å². The Kier molecular flexibility index (Phi) is 4.12. The maximum Gasteiger partial charge on any atom is 0.251 e. The molecule has 1 aliphatic carbocycles. The van der Waals surface area contributed by atoms with Crippen molar-refractivity contribution in [1.82, 2.24) is 5.32 Å². The summed E-state index contributed by atoms with van der Waals surface area (Å²) in [6.45, 7) is 1.82. The molecular weight excluding hydrogens is 250 g/mol. The van der Waals surface area contributed by atoms with Gasteiger partial charge >= 0.3 is 0 Å². The molecular formula is C14H18ClNO2. The van der Waals surface area contributed by atoms with Gasteiger partial charge in [0.1, 0.15) is 5.75 Å². The van der Waals surface area contributed by atoms with E-state index in [1.54, 1.807) is 12.1 Å². The first-order valence-corrected chi connectivity index (χ1v) is 6.81. The Bertz CT molecular complexity index is 447. The Morgan fingerprint density at radius 2 is 2.28 bits per heavy atom. The van der Waals surface area contributed by atoms with Gasteiger partial charge in [0.25, 0.3) is 5.91 Å². The average molecular weight is 268 g/mol. The van der Waals surface area contributed by atoms with E-state index >= 15 is 0 Å². The number of halogens is 1. The molecule has 18 heavy (non-hydrogen) atoms. The predicted octanol–water partition coefficient (Wildman–Crippen LogP) is 2.84. The molecule has 98 valence electrons. The van der Waals surface area contributed by atoms with E-state index in [4.69, 9.17) is 11.6 Å². The Labute approximate surface area is 112 Å². The molecule has 2 atom stereocenters. The van der Waals surface area contributed by atoms with Gasteiger partial charge in [0, 0.05) is 17.5 Å². The minimum Gasteiger partial charge on any atom is -0.508 e. The summed E-state index contributed by atoms with van der Waals surface area (Å²) in [5, 5.41) is 12.4. The maximum atomic E-state index is 12.2. The number of carbonyl (C=O) groups is 1. The smallest absolute Gasteiger partial charge is 0.251 e. The van der Waals surface area contributed by atoms with Crippen LogP contribution in [0.2, 0.25) is 0 Å². The number of phenolic OH excluding ortho intramolecular Hbond substituents is 1. The molecule has 0 bridgehead atoms. The van der Waals surface area contributed by atoms with Crippen LogP contribution < -0.4 is 5.32 Å². The van der Waals surface area contributed by atoms with Gasteiger partial charge in [-0.3, -0.25) is 4.79 Å². The fraction of sp³-hybridized carbons (Fsp3) is 0.500. The molecule has 1 amide bonds. The van der Waals surface area contributed by atoms with E-state index in [0.29, 0.717) is 17.4 Å². The third-order valence-corrected chi connectivity index (χ3v) is 4.02. The number of amides is 1. The molecule has 1 fully saturated rings. The second-order valence-corrected chi connectivity index (χ2v) is 5.23. The van der Waals surface area contributed by atoms with Crippen molar-refractivity contribution in [2.45, 2.75) is 32.2 Å². The number of nitrogens with one attached hydrogen (secondary N) is 1. The number of hydrogen-bond donors (Lipinski definition) is 2. The molecule has 0 aromatic heterocycles. The van der Waals surface area contributed by atoms with Gasteiger partial charge in [0.05, 0.1) is 0 Å². The van der Waals surface area contributed by atoms with Crippen LogP contribution in [0.15, 0.2) is 18.2 Å². The first-order chi connectivity index (χ1) is 8.61. The van der Waals surface area contributed by atoms with Gasteiger partial charge in [-0.15, -0.1) is 11.6 Å². The summed E-state index contributed by atoms with van der Waals surface area (Å²) in [5.74, 6) is 1.09. The molecule has 4 heteroatoms. The normalized spacial score (nSPS) is 23.0. The second kappa shape index (κ2) is 5.61. The van der Waals surface area contributed by atoms with Crippen molar-refractivity contribution in [3.8, 4) is 5.75 Å². The summed E-state index contributed by atoms with van der Waals surface area (Å²) in [5.41, 5.74) is 1.40. The van der Waals surface area contributed by atoms with Crippen molar-refractivity contribution < 1.29 is 9.90 Å². The number of carbonyl (C=O) groups excluding carboxylic acids is 1. The molecule has 0 aliphatic heterocycles. The molecule has 1 aliphatic rings. The van der Waals surface area contributed by atoms with E-state index in [0.717, 1.165) is 24.8 Å². The molecule has 1 saturated carbocycles. The third-order valence-electron chi connectivity index (χ3n) is 3.63. The topological polar surface area (TPSA) is 49.3 Å². The summed E-state index contributed by atoms with van der Waals surface area (Å²) in [6.07, 6.45) is 3.21. The highest BCUT2D eigenvalue weighted by Gasteiger charge is 2.28. The molecule has 0 radical (unpaired) electrons. The van der Waals surface area contributed by atoms with Crippen molar-refractivity contribution in [2.75, 3.05) is 5.88 Å². The molecule has 0 heterocycles. The first kappa shape index (κ1) is 13.2. The minimum atomic E-state index is -0.0745. The van der Waals surface area contributed by atoms with Crippen molar-refractivity contribution in [1.29, 1.82) is 0 Å². The monoisotopic (exact) mass is 267 g/mol. The van der Waals surface area contributed by atoms with Gasteiger partial charge in [-0.2, -0.15) is 0 Å². The van der Waals surface area contributed by atoms with E-state index in [2.05, 4.69) is 5.32 Å². The van der Waals surface area contributed by atoms with Crippen LogP contribution in [0.1, 0.15) is 35.2 Å². The summed E-state index contributed by atoms with van der Waals surface area (Å²) < 4.78 is 0. The largest absolute Gasteiger partial charge is 0.508 e. The second-order valence-electron chi connectivity index (χ2n) is 4.92. The van der Waals surface area contributed by atoms with Gasteiger partial charge in [0.15, 0.2) is 0 Å². The highest BCUT2D eigenvalue weighted by molar-refractivity contribution is 6.18. The van der Waals surface area contributed by atoms with E-state index in [9.17, 15) is 9.90 Å². The molecule has 2 rings (SSSR count). The zero-order valence-electron chi connectivity index (χ0n) is 10.4. The van der Waals surface area contributed by atoms with Gasteiger partial charge in [-0.1, -0.05) is 6.42 Å². The number of phenols is 1. The van der Waals surface area contributed by atoms with E-state index in [1.807, 2.05) is 6.92 Å². The summed E-state index contributed by atoms with van der Waals surface area (Å²) >= 11 is 5.90. The fourth-order valence-corrected chi connectivity index (χ4v) is 2.93. The van der Waals surface area contributed by atoms with E-state index < -0.39 is 0 Å². The van der Waals surface area contributed by atoms with Crippen molar-refractivity contribution in [2.24, 2.45) is 5.92 Å². The summed E-state index contributed by atoms with van der Waals surface area (Å²) in [7, 11) is 0. The Morgan fingerprint density at radius 3 is 2.94 bits per heavy atom. The molecule has 0 spiro atoms. The van der Waals surface area contributed by atoms with Gasteiger partial charge < -0.3 is 10.4 Å². The molecule has 2 N–H and O–H groups in total. The lowest BCUT2D eigenvalue weighted by Gasteiger charge is -2.19. The highest BCUT2D eigenvalue weighted by atomic mass is 35.5. The lowest BCUT2D eigenvalue weighted by molar-refractivity contribution is 0.0929. The molecule has 2 unspecified atom stereocenters.